The van der Waals surface area contributed by atoms with Crippen LogP contribution in [0.4, 0.5) is 5.69 Å². The summed E-state index contributed by atoms with van der Waals surface area (Å²) < 4.78 is 0. The lowest BCUT2D eigenvalue weighted by Gasteiger charge is -2.27. The molecule has 0 spiro atoms. The van der Waals surface area contributed by atoms with Crippen LogP contribution in [0.1, 0.15) is 5.56 Å². The van der Waals surface area contributed by atoms with E-state index >= 15 is 0 Å². The summed E-state index contributed by atoms with van der Waals surface area (Å²) in [6.07, 6.45) is 1.69. The van der Waals surface area contributed by atoms with Crippen molar-refractivity contribution in [2.75, 3.05) is 12.4 Å². The number of hydrogen-bond donors (Lipinski definition) is 5. The van der Waals surface area contributed by atoms with E-state index in [9.17, 15) is 0 Å². The molecular formula is C10H19BN6. The van der Waals surface area contributed by atoms with E-state index in [0.29, 0.717) is 12.2 Å². The molecule has 0 radical (unpaired) electrons. The fourth-order valence-electron chi connectivity index (χ4n) is 1.28. The highest BCUT2D eigenvalue weighted by molar-refractivity contribution is 6.31. The minimum absolute atomic E-state index is 0.434. The Kier molecular flexibility index (Phi) is 4.25. The molecule has 0 atom stereocenters. The van der Waals surface area contributed by atoms with Crippen molar-refractivity contribution in [3.05, 3.63) is 30.1 Å². The van der Waals surface area contributed by atoms with Crippen molar-refractivity contribution in [1.29, 1.82) is 0 Å². The van der Waals surface area contributed by atoms with Crippen LogP contribution < -0.4 is 33.4 Å². The number of rotatable bonds is 5. The Hall–Kier alpha value is -1.41. The standard InChI is InChI=1S/C10H19BN6/c1-6(10(13,14)15-2)17-8-3-7(4-12)9(11)16-5-8/h3,5,15,17H,1,4,11-14H2,2H3. The van der Waals surface area contributed by atoms with Crippen LogP contribution in [0.3, 0.4) is 0 Å². The highest BCUT2D eigenvalue weighted by atomic mass is 15.2. The van der Waals surface area contributed by atoms with E-state index < -0.39 is 5.79 Å². The molecule has 1 rings (SSSR count). The second-order valence-corrected chi connectivity index (χ2v) is 3.90. The van der Waals surface area contributed by atoms with E-state index in [1.54, 1.807) is 13.2 Å². The van der Waals surface area contributed by atoms with Crippen LogP contribution in [0, 0.1) is 0 Å². The van der Waals surface area contributed by atoms with Gasteiger partial charge >= 0.3 is 0 Å². The average molecular weight is 234 g/mol. The molecule has 17 heavy (non-hydrogen) atoms. The van der Waals surface area contributed by atoms with Crippen LogP contribution in [0.15, 0.2) is 24.5 Å². The summed E-state index contributed by atoms with van der Waals surface area (Å²) in [6.45, 7) is 4.22. The van der Waals surface area contributed by atoms with Gasteiger partial charge < -0.3 is 11.1 Å². The molecule has 0 aliphatic rings. The lowest BCUT2D eigenvalue weighted by molar-refractivity contribution is 0.449. The molecule has 0 unspecified atom stereocenters. The van der Waals surface area contributed by atoms with Gasteiger partial charge in [-0.05, 0) is 24.3 Å². The third kappa shape index (κ3) is 3.27. The van der Waals surface area contributed by atoms with E-state index in [1.807, 2.05) is 13.9 Å². The van der Waals surface area contributed by atoms with Gasteiger partial charge in [-0.1, -0.05) is 6.58 Å². The second kappa shape index (κ2) is 5.28. The molecule has 1 aromatic heterocycles. The van der Waals surface area contributed by atoms with E-state index in [0.717, 1.165) is 16.8 Å². The molecule has 0 aliphatic heterocycles. The van der Waals surface area contributed by atoms with Crippen molar-refractivity contribution >= 4 is 19.1 Å². The Morgan fingerprint density at radius 1 is 1.59 bits per heavy atom. The Bertz CT molecular complexity index is 417. The van der Waals surface area contributed by atoms with Crippen molar-refractivity contribution in [3.63, 3.8) is 0 Å². The molecule has 1 heterocycles. The van der Waals surface area contributed by atoms with E-state index in [4.69, 9.17) is 17.2 Å². The van der Waals surface area contributed by atoms with Gasteiger partial charge in [-0.15, -0.1) is 0 Å². The van der Waals surface area contributed by atoms with Crippen LogP contribution in [0.25, 0.3) is 0 Å². The van der Waals surface area contributed by atoms with Crippen molar-refractivity contribution in [2.45, 2.75) is 12.3 Å². The van der Waals surface area contributed by atoms with Crippen molar-refractivity contribution in [2.24, 2.45) is 17.2 Å². The van der Waals surface area contributed by atoms with Gasteiger partial charge in [0, 0.05) is 12.7 Å². The zero-order valence-corrected chi connectivity index (χ0v) is 10.2. The van der Waals surface area contributed by atoms with Gasteiger partial charge in [0.2, 0.25) is 0 Å². The molecule has 6 nitrogen and oxygen atoms in total. The summed E-state index contributed by atoms with van der Waals surface area (Å²) >= 11 is 0. The molecule has 0 bridgehead atoms. The van der Waals surface area contributed by atoms with Crippen LogP contribution in [-0.2, 0) is 6.54 Å². The number of hydrogen-bond acceptors (Lipinski definition) is 6. The molecule has 0 saturated carbocycles. The van der Waals surface area contributed by atoms with Gasteiger partial charge in [0.05, 0.1) is 11.4 Å². The largest absolute Gasteiger partial charge is 0.354 e. The number of nitrogens with two attached hydrogens (primary N) is 3. The summed E-state index contributed by atoms with van der Waals surface area (Å²) in [5, 5.41) is 5.76. The average Bonchev–Trinajstić information content (AvgIpc) is 2.31. The summed E-state index contributed by atoms with van der Waals surface area (Å²) in [5.74, 6) is -1.17. The zero-order valence-electron chi connectivity index (χ0n) is 10.2. The molecule has 0 fully saturated rings. The first-order valence-corrected chi connectivity index (χ1v) is 5.29. The summed E-state index contributed by atoms with van der Waals surface area (Å²) in [4.78, 5) is 4.23. The van der Waals surface area contributed by atoms with Crippen LogP contribution in [0.2, 0.25) is 0 Å². The minimum Gasteiger partial charge on any atom is -0.354 e. The van der Waals surface area contributed by atoms with Gasteiger partial charge in [-0.25, -0.2) is 0 Å². The number of anilines is 1. The predicted molar refractivity (Wildman–Crippen MR) is 73.2 cm³/mol. The number of nitrogens with zero attached hydrogens (tertiary/aromatic N) is 1. The number of likely N-dealkylation sites (N-methyl/N-ethyl adjacent to an activating group) is 1. The normalized spacial score (nSPS) is 11.3. The second-order valence-electron chi connectivity index (χ2n) is 3.90. The van der Waals surface area contributed by atoms with Crippen LogP contribution in [0.5, 0.6) is 0 Å². The molecule has 92 valence electrons. The maximum Gasteiger partial charge on any atom is 0.164 e. The number of aromatic nitrogens is 1. The maximum absolute atomic E-state index is 5.77. The molecule has 8 N–H and O–H groups in total. The van der Waals surface area contributed by atoms with Crippen molar-refractivity contribution < 1.29 is 0 Å². The SMILES string of the molecule is Bc1ncc(NC(=C)C(N)(N)NC)cc1CN. The molecule has 1 aromatic rings. The maximum atomic E-state index is 5.77. The van der Waals surface area contributed by atoms with E-state index in [2.05, 4.69) is 22.2 Å². The first kappa shape index (κ1) is 13.7. The third-order valence-electron chi connectivity index (χ3n) is 2.62. The highest BCUT2D eigenvalue weighted by Crippen LogP contribution is 2.11. The highest BCUT2D eigenvalue weighted by Gasteiger charge is 2.20. The Balaban J connectivity index is 2.86. The minimum atomic E-state index is -1.17. The smallest absolute Gasteiger partial charge is 0.164 e. The molecule has 0 aliphatic carbocycles. The predicted octanol–water partition coefficient (Wildman–Crippen LogP) is -2.49. The van der Waals surface area contributed by atoms with Gasteiger partial charge in [0.15, 0.2) is 13.6 Å². The fraction of sp³-hybridized carbons (Fsp3) is 0.300. The van der Waals surface area contributed by atoms with E-state index in [1.165, 1.54) is 0 Å². The van der Waals surface area contributed by atoms with Gasteiger partial charge in [-0.3, -0.25) is 21.8 Å². The van der Waals surface area contributed by atoms with Gasteiger partial charge in [-0.2, -0.15) is 0 Å². The Labute approximate surface area is 102 Å². The molecular weight excluding hydrogens is 215 g/mol. The molecule has 0 amide bonds. The lowest BCUT2D eigenvalue weighted by atomic mass is 9.97. The zero-order chi connectivity index (χ0) is 13.1. The first-order chi connectivity index (χ1) is 7.90. The van der Waals surface area contributed by atoms with Crippen molar-refractivity contribution in [3.8, 4) is 0 Å². The Morgan fingerprint density at radius 3 is 2.76 bits per heavy atom. The quantitative estimate of drug-likeness (QED) is 0.284. The van der Waals surface area contributed by atoms with Crippen molar-refractivity contribution in [1.82, 2.24) is 10.3 Å². The summed E-state index contributed by atoms with van der Waals surface area (Å²) in [7, 11) is 3.57. The van der Waals surface area contributed by atoms with Crippen LogP contribution >= 0.6 is 0 Å². The summed E-state index contributed by atoms with van der Waals surface area (Å²) in [5.41, 5.74) is 20.2. The molecule has 0 saturated heterocycles. The monoisotopic (exact) mass is 234 g/mol. The number of pyridine rings is 1. The molecule has 0 aromatic carbocycles. The van der Waals surface area contributed by atoms with Gasteiger partial charge in [0.25, 0.3) is 0 Å². The number of nitrogens with one attached hydrogen (secondary N) is 2. The Morgan fingerprint density at radius 2 is 2.24 bits per heavy atom. The fourth-order valence-corrected chi connectivity index (χ4v) is 1.28. The molecule has 7 heteroatoms. The summed E-state index contributed by atoms with van der Waals surface area (Å²) in [6, 6.07) is 1.90. The van der Waals surface area contributed by atoms with Crippen LogP contribution in [-0.4, -0.2) is 25.7 Å². The third-order valence-corrected chi connectivity index (χ3v) is 2.62. The van der Waals surface area contributed by atoms with E-state index in [-0.39, 0.29) is 0 Å². The lowest BCUT2D eigenvalue weighted by Crippen LogP contribution is -2.62. The first-order valence-electron chi connectivity index (χ1n) is 5.29. The topological polar surface area (TPSA) is 115 Å². The van der Waals surface area contributed by atoms with Gasteiger partial charge in [0.1, 0.15) is 0 Å².